The number of rotatable bonds is 2. The molecule has 2 aromatic heterocycles. The molecule has 0 saturated carbocycles. The van der Waals surface area contributed by atoms with Gasteiger partial charge in [-0.1, -0.05) is 29.8 Å². The van der Waals surface area contributed by atoms with Crippen LogP contribution >= 0.6 is 11.6 Å². The SMILES string of the molecule is Cc1cccc(NC(=O)c2nn3ccccc3c2Cl)c1C. The van der Waals surface area contributed by atoms with Gasteiger partial charge in [-0.3, -0.25) is 4.79 Å². The normalized spacial score (nSPS) is 10.8. The summed E-state index contributed by atoms with van der Waals surface area (Å²) in [5.41, 5.74) is 3.86. The van der Waals surface area contributed by atoms with E-state index in [9.17, 15) is 4.79 Å². The Kier molecular flexibility index (Phi) is 3.39. The maximum atomic E-state index is 12.4. The fraction of sp³-hybridized carbons (Fsp3) is 0.125. The molecule has 0 radical (unpaired) electrons. The number of carbonyl (C=O) groups is 1. The van der Waals surface area contributed by atoms with E-state index in [0.717, 1.165) is 16.8 Å². The van der Waals surface area contributed by atoms with Crippen LogP contribution in [-0.2, 0) is 0 Å². The van der Waals surface area contributed by atoms with E-state index in [0.29, 0.717) is 10.5 Å². The highest BCUT2D eigenvalue weighted by atomic mass is 35.5. The van der Waals surface area contributed by atoms with Crippen LogP contribution in [0.5, 0.6) is 0 Å². The summed E-state index contributed by atoms with van der Waals surface area (Å²) in [6.45, 7) is 3.97. The van der Waals surface area contributed by atoms with Crippen molar-refractivity contribution >= 4 is 28.7 Å². The fourth-order valence-corrected chi connectivity index (χ4v) is 2.45. The molecule has 0 bridgehead atoms. The molecule has 5 heteroatoms. The van der Waals surface area contributed by atoms with Crippen LogP contribution in [-0.4, -0.2) is 15.5 Å². The molecule has 106 valence electrons. The van der Waals surface area contributed by atoms with Gasteiger partial charge < -0.3 is 5.32 Å². The zero-order chi connectivity index (χ0) is 15.0. The average Bonchev–Trinajstić information content (AvgIpc) is 2.82. The third kappa shape index (κ3) is 2.38. The van der Waals surface area contributed by atoms with Crippen molar-refractivity contribution in [2.24, 2.45) is 0 Å². The molecule has 0 aliphatic heterocycles. The zero-order valence-electron chi connectivity index (χ0n) is 11.7. The van der Waals surface area contributed by atoms with Crippen molar-refractivity contribution in [3.8, 4) is 0 Å². The van der Waals surface area contributed by atoms with Gasteiger partial charge in [0.25, 0.3) is 5.91 Å². The minimum atomic E-state index is -0.308. The number of anilines is 1. The highest BCUT2D eigenvalue weighted by Gasteiger charge is 2.18. The Labute approximate surface area is 127 Å². The van der Waals surface area contributed by atoms with Gasteiger partial charge in [-0.2, -0.15) is 5.10 Å². The number of nitrogens with zero attached hydrogens (tertiary/aromatic N) is 2. The first kappa shape index (κ1) is 13.6. The number of hydrogen-bond acceptors (Lipinski definition) is 2. The highest BCUT2D eigenvalue weighted by molar-refractivity contribution is 6.37. The van der Waals surface area contributed by atoms with Crippen LogP contribution in [0, 0.1) is 13.8 Å². The molecular weight excluding hydrogens is 286 g/mol. The van der Waals surface area contributed by atoms with Crippen molar-refractivity contribution in [1.29, 1.82) is 0 Å². The molecule has 0 spiro atoms. The van der Waals surface area contributed by atoms with E-state index in [2.05, 4.69) is 10.4 Å². The van der Waals surface area contributed by atoms with Gasteiger partial charge in [0.15, 0.2) is 5.69 Å². The van der Waals surface area contributed by atoms with Crippen LogP contribution in [0.3, 0.4) is 0 Å². The van der Waals surface area contributed by atoms with E-state index >= 15 is 0 Å². The summed E-state index contributed by atoms with van der Waals surface area (Å²) < 4.78 is 1.60. The van der Waals surface area contributed by atoms with Crippen molar-refractivity contribution < 1.29 is 4.79 Å². The van der Waals surface area contributed by atoms with Gasteiger partial charge in [-0.15, -0.1) is 0 Å². The number of amides is 1. The third-order valence-corrected chi connectivity index (χ3v) is 3.92. The fourth-order valence-electron chi connectivity index (χ4n) is 2.18. The molecule has 0 atom stereocenters. The van der Waals surface area contributed by atoms with Gasteiger partial charge in [0.2, 0.25) is 0 Å². The Morgan fingerprint density at radius 1 is 1.19 bits per heavy atom. The van der Waals surface area contributed by atoms with Crippen molar-refractivity contribution in [3.63, 3.8) is 0 Å². The van der Waals surface area contributed by atoms with Crippen molar-refractivity contribution in [2.45, 2.75) is 13.8 Å². The zero-order valence-corrected chi connectivity index (χ0v) is 12.5. The van der Waals surface area contributed by atoms with E-state index < -0.39 is 0 Å². The third-order valence-electron chi connectivity index (χ3n) is 3.55. The summed E-state index contributed by atoms with van der Waals surface area (Å²) in [4.78, 5) is 12.4. The predicted molar refractivity (Wildman–Crippen MR) is 84.1 cm³/mol. The lowest BCUT2D eigenvalue weighted by atomic mass is 10.1. The molecule has 3 rings (SSSR count). The molecule has 0 unspecified atom stereocenters. The first-order valence-corrected chi connectivity index (χ1v) is 6.96. The van der Waals surface area contributed by atoms with Gasteiger partial charge in [0, 0.05) is 11.9 Å². The van der Waals surface area contributed by atoms with Crippen LogP contribution in [0.4, 0.5) is 5.69 Å². The Balaban J connectivity index is 1.97. The van der Waals surface area contributed by atoms with Crippen LogP contribution in [0.2, 0.25) is 5.02 Å². The first-order valence-electron chi connectivity index (χ1n) is 6.58. The standard InChI is InChI=1S/C16H14ClN3O/c1-10-6-5-7-12(11(10)2)18-16(21)15-14(17)13-8-3-4-9-20(13)19-15/h3-9H,1-2H3,(H,18,21). The highest BCUT2D eigenvalue weighted by Crippen LogP contribution is 2.24. The van der Waals surface area contributed by atoms with Gasteiger partial charge >= 0.3 is 0 Å². The van der Waals surface area contributed by atoms with Gasteiger partial charge in [-0.05, 0) is 43.2 Å². The second-order valence-corrected chi connectivity index (χ2v) is 5.27. The Hall–Kier alpha value is -2.33. The van der Waals surface area contributed by atoms with Crippen molar-refractivity contribution in [2.75, 3.05) is 5.32 Å². The molecule has 0 aliphatic rings. The molecular formula is C16H14ClN3O. The molecule has 21 heavy (non-hydrogen) atoms. The van der Waals surface area contributed by atoms with Crippen molar-refractivity contribution in [1.82, 2.24) is 9.61 Å². The number of halogens is 1. The van der Waals surface area contributed by atoms with Crippen LogP contribution in [0.15, 0.2) is 42.6 Å². The molecule has 1 amide bonds. The molecule has 0 aliphatic carbocycles. The van der Waals surface area contributed by atoms with Crippen LogP contribution < -0.4 is 5.32 Å². The molecule has 1 aromatic carbocycles. The second kappa shape index (κ2) is 5.22. The minimum absolute atomic E-state index is 0.226. The second-order valence-electron chi connectivity index (χ2n) is 4.89. The summed E-state index contributed by atoms with van der Waals surface area (Å²) in [7, 11) is 0. The number of nitrogens with one attached hydrogen (secondary N) is 1. The maximum absolute atomic E-state index is 12.4. The number of fused-ring (bicyclic) bond motifs is 1. The number of aromatic nitrogens is 2. The number of hydrogen-bond donors (Lipinski definition) is 1. The van der Waals surface area contributed by atoms with E-state index in [-0.39, 0.29) is 11.6 Å². The Bertz CT molecular complexity index is 839. The van der Waals surface area contributed by atoms with E-state index in [4.69, 9.17) is 11.6 Å². The van der Waals surface area contributed by atoms with E-state index in [1.807, 2.05) is 50.2 Å². The average molecular weight is 300 g/mol. The lowest BCUT2D eigenvalue weighted by Gasteiger charge is -2.09. The molecule has 1 N–H and O–H groups in total. The summed E-state index contributed by atoms with van der Waals surface area (Å²) >= 11 is 6.25. The molecule has 3 aromatic rings. The number of pyridine rings is 1. The van der Waals surface area contributed by atoms with E-state index in [1.165, 1.54) is 0 Å². The lowest BCUT2D eigenvalue weighted by Crippen LogP contribution is -2.14. The lowest BCUT2D eigenvalue weighted by molar-refractivity contribution is 0.102. The molecule has 2 heterocycles. The first-order chi connectivity index (χ1) is 10.1. The smallest absolute Gasteiger partial charge is 0.277 e. The monoisotopic (exact) mass is 299 g/mol. The maximum Gasteiger partial charge on any atom is 0.277 e. The predicted octanol–water partition coefficient (Wildman–Crippen LogP) is 3.86. The number of benzene rings is 1. The molecule has 0 saturated heterocycles. The van der Waals surface area contributed by atoms with Crippen LogP contribution in [0.25, 0.3) is 5.52 Å². The minimum Gasteiger partial charge on any atom is -0.320 e. The summed E-state index contributed by atoms with van der Waals surface area (Å²) in [5, 5.41) is 7.46. The van der Waals surface area contributed by atoms with Crippen LogP contribution in [0.1, 0.15) is 21.6 Å². The largest absolute Gasteiger partial charge is 0.320 e. The molecule has 4 nitrogen and oxygen atoms in total. The van der Waals surface area contributed by atoms with Crippen molar-refractivity contribution in [3.05, 3.63) is 64.4 Å². The summed E-state index contributed by atoms with van der Waals surface area (Å²) in [6, 6.07) is 11.3. The molecule has 0 fully saturated rings. The number of carbonyl (C=O) groups excluding carboxylic acids is 1. The number of aryl methyl sites for hydroxylation is 1. The van der Waals surface area contributed by atoms with Gasteiger partial charge in [0.05, 0.1) is 10.5 Å². The quantitative estimate of drug-likeness (QED) is 0.781. The summed E-state index contributed by atoms with van der Waals surface area (Å²) in [6.07, 6.45) is 1.76. The van der Waals surface area contributed by atoms with Gasteiger partial charge in [-0.25, -0.2) is 4.52 Å². The summed E-state index contributed by atoms with van der Waals surface area (Å²) in [5.74, 6) is -0.308. The topological polar surface area (TPSA) is 46.4 Å². The van der Waals surface area contributed by atoms with Gasteiger partial charge in [0.1, 0.15) is 0 Å². The Morgan fingerprint density at radius 3 is 2.76 bits per heavy atom. The Morgan fingerprint density at radius 2 is 2.00 bits per heavy atom. The van der Waals surface area contributed by atoms with E-state index in [1.54, 1.807) is 10.7 Å².